The normalized spacial score (nSPS) is 6.80. The Morgan fingerprint density at radius 2 is 2.20 bits per heavy atom. The van der Waals surface area contributed by atoms with E-state index in [0.717, 1.165) is 0 Å². The number of hydrogen-bond acceptors (Lipinski definition) is 1. The summed E-state index contributed by atoms with van der Waals surface area (Å²) < 4.78 is 2.22. The van der Waals surface area contributed by atoms with Crippen molar-refractivity contribution in [3.63, 3.8) is 0 Å². The first-order chi connectivity index (χ1) is 2.27. The molecule has 0 aliphatic rings. The molecule has 0 spiro atoms. The second kappa shape index (κ2) is 2.43. The van der Waals surface area contributed by atoms with Crippen molar-refractivity contribution in [2.75, 3.05) is 0 Å². The molecule has 0 saturated carbocycles. The molecule has 3 N–H and O–H groups in total. The number of hydrogen-bond donors (Lipinski definition) is 2. The second-order valence-corrected chi connectivity index (χ2v) is 1.15. The maximum absolute atomic E-state index is 4.83. The van der Waals surface area contributed by atoms with Crippen molar-refractivity contribution in [1.82, 2.24) is 4.37 Å². The van der Waals surface area contributed by atoms with E-state index in [1.54, 1.807) is 0 Å². The molecule has 32 valence electrons. The molecule has 0 radical (unpaired) electrons. The van der Waals surface area contributed by atoms with Gasteiger partial charge in [0.15, 0.2) is 0 Å². The average Bonchev–Trinajstić information content (AvgIpc) is 1.38. The Balaban J connectivity index is 2.85. The van der Waals surface area contributed by atoms with E-state index < -0.39 is 0 Å². The molecule has 0 aliphatic carbocycles. The van der Waals surface area contributed by atoms with E-state index in [0.29, 0.717) is 0 Å². The quantitative estimate of drug-likeness (QED) is 0.429. The van der Waals surface area contributed by atoms with Crippen LogP contribution in [-0.4, -0.2) is 5.11 Å². The molecule has 0 saturated heterocycles. The summed E-state index contributed by atoms with van der Waals surface area (Å²) in [7, 11) is 0. The van der Waals surface area contributed by atoms with Crippen LogP contribution in [0.25, 0.3) is 0 Å². The van der Waals surface area contributed by atoms with Gasteiger partial charge in [-0.3, -0.25) is 0 Å². The van der Waals surface area contributed by atoms with E-state index >= 15 is 0 Å². The molecule has 0 unspecified atom stereocenters. The molecular weight excluding hydrogens is 131 g/mol. The molecule has 0 bridgehead atoms. The summed E-state index contributed by atoms with van der Waals surface area (Å²) in [6.07, 6.45) is 0. The van der Waals surface area contributed by atoms with Gasteiger partial charge in [0.25, 0.3) is 0 Å². The van der Waals surface area contributed by atoms with Crippen LogP contribution < -0.4 is 10.1 Å². The minimum atomic E-state index is 0.199. The van der Waals surface area contributed by atoms with E-state index in [4.69, 9.17) is 5.73 Å². The van der Waals surface area contributed by atoms with Crippen LogP contribution in [0, 0.1) is 0 Å². The zero-order valence-corrected chi connectivity index (χ0v) is 4.18. The van der Waals surface area contributed by atoms with Crippen LogP contribution >= 0.6 is 12.2 Å². The third kappa shape index (κ3) is 4.20. The molecule has 0 aromatic carbocycles. The molecular formula is CH3CoN2S. The van der Waals surface area contributed by atoms with Gasteiger partial charge in [0.2, 0.25) is 0 Å². The molecule has 4 heteroatoms. The van der Waals surface area contributed by atoms with Crippen molar-refractivity contribution < 1.29 is 16.0 Å². The van der Waals surface area contributed by atoms with Crippen molar-refractivity contribution in [2.45, 2.75) is 0 Å². The van der Waals surface area contributed by atoms with E-state index in [2.05, 4.69) is 32.5 Å². The van der Waals surface area contributed by atoms with E-state index in [1.165, 1.54) is 0 Å². The molecule has 0 atom stereocenters. The first-order valence-electron chi connectivity index (χ1n) is 0.909. The number of thiocarbonyl (C=S) groups is 1. The zero-order chi connectivity index (χ0) is 4.28. The van der Waals surface area contributed by atoms with Crippen molar-refractivity contribution in [1.29, 1.82) is 0 Å². The van der Waals surface area contributed by atoms with Crippen LogP contribution in [-0.2, 0) is 16.0 Å². The number of nitrogens with one attached hydrogen (secondary N) is 1. The van der Waals surface area contributed by atoms with Crippen molar-refractivity contribution in [2.24, 2.45) is 5.73 Å². The van der Waals surface area contributed by atoms with Gasteiger partial charge in [-0.1, -0.05) is 0 Å². The number of nitrogens with two attached hydrogens (primary N) is 1. The van der Waals surface area contributed by atoms with Gasteiger partial charge in [0.05, 0.1) is 0 Å². The molecule has 2 nitrogen and oxygen atoms in total. The molecule has 0 aromatic heterocycles. The Morgan fingerprint density at radius 1 is 2.00 bits per heavy atom. The summed E-state index contributed by atoms with van der Waals surface area (Å²) in [5.41, 5.74) is 4.83. The van der Waals surface area contributed by atoms with Gasteiger partial charge >= 0.3 is 43.4 Å². The van der Waals surface area contributed by atoms with Gasteiger partial charge in [-0.2, -0.15) is 0 Å². The standard InChI is InChI=1S/CH4N2S.Co/c2-1(3)4;/h(H4,2,3,4);/q;+1/p-1. The second-order valence-electron chi connectivity index (χ2n) is 0.448. The summed E-state index contributed by atoms with van der Waals surface area (Å²) >= 11 is 7.83. The molecule has 0 amide bonds. The fourth-order valence-corrected chi connectivity index (χ4v) is 0. The molecule has 0 aromatic rings. The Hall–Kier alpha value is 0.196. The van der Waals surface area contributed by atoms with Crippen molar-refractivity contribution in [3.8, 4) is 0 Å². The predicted octanol–water partition coefficient (Wildman–Crippen LogP) is -0.719. The van der Waals surface area contributed by atoms with Gasteiger partial charge in [0.1, 0.15) is 0 Å². The summed E-state index contributed by atoms with van der Waals surface area (Å²) in [6.45, 7) is 0. The summed E-state index contributed by atoms with van der Waals surface area (Å²) in [4.78, 5) is 0. The Kier molecular flexibility index (Phi) is 2.53. The fourth-order valence-electron chi connectivity index (χ4n) is 0. The molecule has 5 heavy (non-hydrogen) atoms. The molecule has 0 aliphatic heterocycles. The molecule has 0 heterocycles. The van der Waals surface area contributed by atoms with Crippen LogP contribution in [0.15, 0.2) is 0 Å². The Bertz CT molecular complexity index is 44.9. The monoisotopic (exact) mass is 134 g/mol. The third-order valence-electron chi connectivity index (χ3n) is 0.0821. The van der Waals surface area contributed by atoms with Crippen molar-refractivity contribution >= 4 is 17.3 Å². The van der Waals surface area contributed by atoms with Gasteiger partial charge in [-0.25, -0.2) is 0 Å². The van der Waals surface area contributed by atoms with Gasteiger partial charge in [-0.15, -0.1) is 0 Å². The molecule has 0 fully saturated rings. The van der Waals surface area contributed by atoms with Crippen LogP contribution in [0.5, 0.6) is 0 Å². The SMILES string of the molecule is NC(=S)[NH][Co]. The van der Waals surface area contributed by atoms with Crippen LogP contribution in [0.1, 0.15) is 0 Å². The van der Waals surface area contributed by atoms with E-state index in [9.17, 15) is 0 Å². The third-order valence-corrected chi connectivity index (χ3v) is 0.619. The first-order valence-corrected chi connectivity index (χ1v) is 1.84. The minimum absolute atomic E-state index is 0.199. The molecule has 0 rings (SSSR count). The first kappa shape index (κ1) is 5.20. The number of rotatable bonds is 0. The predicted molar refractivity (Wildman–Crippen MR) is 19.9 cm³/mol. The van der Waals surface area contributed by atoms with Crippen LogP contribution in [0.4, 0.5) is 0 Å². The van der Waals surface area contributed by atoms with Crippen LogP contribution in [0.2, 0.25) is 0 Å². The van der Waals surface area contributed by atoms with Crippen molar-refractivity contribution in [3.05, 3.63) is 0 Å². The topological polar surface area (TPSA) is 38.0 Å². The average molecular weight is 134 g/mol. The Labute approximate surface area is 43.9 Å². The van der Waals surface area contributed by atoms with E-state index in [-0.39, 0.29) is 5.11 Å². The van der Waals surface area contributed by atoms with E-state index in [1.807, 2.05) is 0 Å². The van der Waals surface area contributed by atoms with Gasteiger partial charge < -0.3 is 0 Å². The Morgan fingerprint density at radius 3 is 2.20 bits per heavy atom. The summed E-state index contributed by atoms with van der Waals surface area (Å²) in [6, 6.07) is 0. The van der Waals surface area contributed by atoms with Gasteiger partial charge in [0, 0.05) is 0 Å². The zero-order valence-electron chi connectivity index (χ0n) is 2.32. The maximum atomic E-state index is 4.83. The van der Waals surface area contributed by atoms with Crippen LogP contribution in [0.3, 0.4) is 0 Å². The fraction of sp³-hybridized carbons (Fsp3) is 0. The summed E-state index contributed by atoms with van der Waals surface area (Å²) in [5, 5.41) is 0.199. The van der Waals surface area contributed by atoms with Gasteiger partial charge in [-0.05, 0) is 0 Å². The summed E-state index contributed by atoms with van der Waals surface area (Å²) in [5.74, 6) is 0.